The number of nitrogens with zero attached hydrogens (tertiary/aromatic N) is 2. The van der Waals surface area contributed by atoms with Crippen LogP contribution in [0.2, 0.25) is 0 Å². The summed E-state index contributed by atoms with van der Waals surface area (Å²) < 4.78 is 0. The number of hydrogen-bond donors (Lipinski definition) is 2. The minimum absolute atomic E-state index is 0.117. The van der Waals surface area contributed by atoms with Crippen molar-refractivity contribution < 1.29 is 9.59 Å². The van der Waals surface area contributed by atoms with Crippen LogP contribution in [0.1, 0.15) is 61.2 Å². The Morgan fingerprint density at radius 1 is 1.17 bits per heavy atom. The second-order valence-electron chi connectivity index (χ2n) is 7.03. The summed E-state index contributed by atoms with van der Waals surface area (Å²) >= 11 is 0. The zero-order chi connectivity index (χ0) is 21.0. The van der Waals surface area contributed by atoms with Gasteiger partial charge in [0.05, 0.1) is 18.2 Å². The number of aryl methyl sites for hydroxylation is 1. The third kappa shape index (κ3) is 4.29. The Bertz CT molecular complexity index is 1010. The van der Waals surface area contributed by atoms with E-state index in [9.17, 15) is 14.4 Å². The minimum atomic E-state index is -0.374. The van der Waals surface area contributed by atoms with Crippen LogP contribution >= 0.6 is 0 Å². The van der Waals surface area contributed by atoms with Gasteiger partial charge in [0.1, 0.15) is 0 Å². The molecule has 0 bridgehead atoms. The van der Waals surface area contributed by atoms with Gasteiger partial charge in [-0.2, -0.15) is 5.10 Å². The van der Waals surface area contributed by atoms with Gasteiger partial charge in [-0.15, -0.1) is 0 Å². The molecule has 2 aromatic rings. The summed E-state index contributed by atoms with van der Waals surface area (Å²) in [6.45, 7) is 5.57. The minimum Gasteiger partial charge on any atom is -0.352 e. The molecule has 0 aliphatic carbocycles. The molecule has 0 radical (unpaired) electrons. The molecule has 29 heavy (non-hydrogen) atoms. The van der Waals surface area contributed by atoms with Crippen LogP contribution in [0, 0.1) is 0 Å². The van der Waals surface area contributed by atoms with E-state index in [1.54, 1.807) is 11.1 Å². The number of carbonyl (C=O) groups is 2. The van der Waals surface area contributed by atoms with E-state index in [0.717, 1.165) is 22.4 Å². The van der Waals surface area contributed by atoms with E-state index >= 15 is 0 Å². The lowest BCUT2D eigenvalue weighted by Crippen LogP contribution is -2.36. The van der Waals surface area contributed by atoms with Gasteiger partial charge < -0.3 is 10.2 Å². The van der Waals surface area contributed by atoms with Crippen LogP contribution in [0.15, 0.2) is 35.3 Å². The molecule has 2 amide bonds. The van der Waals surface area contributed by atoms with E-state index in [1.165, 1.54) is 6.92 Å². The molecule has 1 aromatic heterocycles. The Kier molecular flexibility index (Phi) is 6.26. The van der Waals surface area contributed by atoms with Crippen molar-refractivity contribution in [3.05, 3.63) is 68.8 Å². The molecule has 0 spiro atoms. The first-order chi connectivity index (χ1) is 14.0. The lowest BCUT2D eigenvalue weighted by Gasteiger charge is -2.32. The summed E-state index contributed by atoms with van der Waals surface area (Å²) in [5.41, 5.74) is 3.91. The maximum absolute atomic E-state index is 12.7. The Morgan fingerprint density at radius 3 is 2.62 bits per heavy atom. The normalized spacial score (nSPS) is 15.1. The molecule has 2 heterocycles. The fraction of sp³-hybridized carbons (Fsp3) is 0.364. The van der Waals surface area contributed by atoms with Gasteiger partial charge >= 0.3 is 0 Å². The van der Waals surface area contributed by atoms with E-state index in [4.69, 9.17) is 0 Å². The first kappa shape index (κ1) is 20.5. The van der Waals surface area contributed by atoms with Crippen molar-refractivity contribution in [2.24, 2.45) is 0 Å². The smallest absolute Gasteiger partial charge is 0.269 e. The SMILES string of the molecule is CCc1n[nH]c(=O)c(CNC(=O)C[C@H]2c3ccccc3C=CN2C(C)=O)c1CC. The average molecular weight is 394 g/mol. The molecule has 7 nitrogen and oxygen atoms in total. The number of aromatic nitrogens is 2. The second-order valence-corrected chi connectivity index (χ2v) is 7.03. The highest BCUT2D eigenvalue weighted by Crippen LogP contribution is 2.32. The summed E-state index contributed by atoms with van der Waals surface area (Å²) in [6, 6.07) is 7.35. The monoisotopic (exact) mass is 394 g/mol. The number of nitrogens with one attached hydrogen (secondary N) is 2. The van der Waals surface area contributed by atoms with E-state index in [1.807, 2.05) is 44.2 Å². The van der Waals surface area contributed by atoms with Crippen LogP contribution in [-0.2, 0) is 29.0 Å². The highest BCUT2D eigenvalue weighted by molar-refractivity contribution is 5.81. The molecular formula is C22H26N4O3. The first-order valence-electron chi connectivity index (χ1n) is 9.88. The largest absolute Gasteiger partial charge is 0.352 e. The number of fused-ring (bicyclic) bond motifs is 1. The highest BCUT2D eigenvalue weighted by Gasteiger charge is 2.28. The lowest BCUT2D eigenvalue weighted by molar-refractivity contribution is -0.130. The Morgan fingerprint density at radius 2 is 1.93 bits per heavy atom. The summed E-state index contributed by atoms with van der Waals surface area (Å²) in [6.07, 6.45) is 5.09. The molecule has 0 saturated carbocycles. The first-order valence-corrected chi connectivity index (χ1v) is 9.88. The predicted molar refractivity (Wildman–Crippen MR) is 111 cm³/mol. The number of hydrogen-bond acceptors (Lipinski definition) is 4. The van der Waals surface area contributed by atoms with Crippen molar-refractivity contribution >= 4 is 17.9 Å². The van der Waals surface area contributed by atoms with Crippen LogP contribution in [-0.4, -0.2) is 26.9 Å². The van der Waals surface area contributed by atoms with Gasteiger partial charge in [0.15, 0.2) is 0 Å². The molecule has 1 atom stereocenters. The summed E-state index contributed by atoms with van der Waals surface area (Å²) in [5, 5.41) is 9.47. The molecule has 1 aromatic carbocycles. The Labute approximate surface area is 169 Å². The maximum atomic E-state index is 12.7. The predicted octanol–water partition coefficient (Wildman–Crippen LogP) is 2.48. The lowest BCUT2D eigenvalue weighted by atomic mass is 9.93. The van der Waals surface area contributed by atoms with Crippen LogP contribution in [0.25, 0.3) is 6.08 Å². The van der Waals surface area contributed by atoms with Crippen molar-refractivity contribution in [2.75, 3.05) is 0 Å². The molecule has 152 valence electrons. The van der Waals surface area contributed by atoms with E-state index < -0.39 is 0 Å². The van der Waals surface area contributed by atoms with Crippen LogP contribution < -0.4 is 10.9 Å². The molecular weight excluding hydrogens is 368 g/mol. The number of rotatable bonds is 6. The van der Waals surface area contributed by atoms with E-state index in [2.05, 4.69) is 15.5 Å². The fourth-order valence-corrected chi connectivity index (χ4v) is 3.81. The second kappa shape index (κ2) is 8.86. The number of aromatic amines is 1. The van der Waals surface area contributed by atoms with Crippen molar-refractivity contribution in [1.29, 1.82) is 0 Å². The van der Waals surface area contributed by atoms with Crippen LogP contribution in [0.3, 0.4) is 0 Å². The summed E-state index contributed by atoms with van der Waals surface area (Å²) in [4.78, 5) is 38.6. The maximum Gasteiger partial charge on any atom is 0.269 e. The molecule has 0 fully saturated rings. The van der Waals surface area contributed by atoms with Crippen molar-refractivity contribution in [1.82, 2.24) is 20.4 Å². The number of amides is 2. The Balaban J connectivity index is 1.78. The van der Waals surface area contributed by atoms with Gasteiger partial charge in [-0.3, -0.25) is 14.4 Å². The average Bonchev–Trinajstić information content (AvgIpc) is 2.72. The van der Waals surface area contributed by atoms with E-state index in [0.29, 0.717) is 18.4 Å². The number of carbonyl (C=O) groups excluding carboxylic acids is 2. The van der Waals surface area contributed by atoms with Gasteiger partial charge in [0.2, 0.25) is 11.8 Å². The number of H-pyrrole nitrogens is 1. The zero-order valence-electron chi connectivity index (χ0n) is 17.0. The molecule has 0 saturated heterocycles. The van der Waals surface area contributed by atoms with Crippen molar-refractivity contribution in [3.63, 3.8) is 0 Å². The Hall–Kier alpha value is -3.22. The third-order valence-corrected chi connectivity index (χ3v) is 5.28. The topological polar surface area (TPSA) is 95.2 Å². The molecule has 1 aliphatic rings. The quantitative estimate of drug-likeness (QED) is 0.787. The zero-order valence-corrected chi connectivity index (χ0v) is 17.0. The van der Waals surface area contributed by atoms with Gasteiger partial charge in [-0.25, -0.2) is 5.10 Å². The van der Waals surface area contributed by atoms with E-state index in [-0.39, 0.29) is 36.4 Å². The summed E-state index contributed by atoms with van der Waals surface area (Å²) in [5.74, 6) is -0.345. The van der Waals surface area contributed by atoms with Crippen LogP contribution in [0.4, 0.5) is 0 Å². The van der Waals surface area contributed by atoms with Crippen molar-refractivity contribution in [3.8, 4) is 0 Å². The highest BCUT2D eigenvalue weighted by atomic mass is 16.2. The standard InChI is InChI=1S/C22H26N4O3/c1-4-16-18(22(29)25-24-19(16)5-2)13-23-21(28)12-20-17-9-7-6-8-15(17)10-11-26(20)14(3)27/h6-11,20H,4-5,12-13H2,1-3H3,(H,23,28)(H,25,29)/t20-/m0/s1. The van der Waals surface area contributed by atoms with Crippen molar-refractivity contribution in [2.45, 2.75) is 52.6 Å². The number of benzene rings is 1. The van der Waals surface area contributed by atoms with Gasteiger partial charge in [0, 0.05) is 25.2 Å². The van der Waals surface area contributed by atoms with Gasteiger partial charge in [-0.1, -0.05) is 38.1 Å². The molecule has 0 unspecified atom stereocenters. The fourth-order valence-electron chi connectivity index (χ4n) is 3.81. The van der Waals surface area contributed by atoms with Gasteiger partial charge in [-0.05, 0) is 35.6 Å². The summed E-state index contributed by atoms with van der Waals surface area (Å²) in [7, 11) is 0. The molecule has 7 heteroatoms. The molecule has 3 rings (SSSR count). The molecule has 2 N–H and O–H groups in total. The third-order valence-electron chi connectivity index (χ3n) is 5.28. The van der Waals surface area contributed by atoms with Gasteiger partial charge in [0.25, 0.3) is 5.56 Å². The van der Waals surface area contributed by atoms with Crippen LogP contribution in [0.5, 0.6) is 0 Å². The molecule has 1 aliphatic heterocycles.